The Labute approximate surface area is 81.3 Å². The molecule has 0 heterocycles. The second kappa shape index (κ2) is 3.92. The highest BCUT2D eigenvalue weighted by molar-refractivity contribution is 6.42. The number of hydrogen-bond acceptors (Lipinski definition) is 1. The van der Waals surface area contributed by atoms with Crippen LogP contribution in [0, 0.1) is 6.92 Å². The lowest BCUT2D eigenvalue weighted by molar-refractivity contribution is -0.107. The zero-order valence-corrected chi connectivity index (χ0v) is 8.12. The third-order valence-electron chi connectivity index (χ3n) is 1.68. The maximum atomic E-state index is 10.2. The van der Waals surface area contributed by atoms with Crippen molar-refractivity contribution in [1.82, 2.24) is 0 Å². The zero-order chi connectivity index (χ0) is 9.14. The largest absolute Gasteiger partial charge is 0.303 e. The number of aryl methyl sites for hydroxylation is 1. The fraction of sp³-hybridized carbons (Fsp3) is 0.222. The van der Waals surface area contributed by atoms with E-state index < -0.39 is 0 Å². The molecule has 1 rings (SSSR count). The van der Waals surface area contributed by atoms with Crippen LogP contribution in [0.4, 0.5) is 0 Å². The number of rotatable bonds is 2. The molecule has 0 aliphatic heterocycles. The smallest absolute Gasteiger partial charge is 0.124 e. The number of carbonyl (C=O) groups excluding carboxylic acids is 1. The molecule has 0 radical (unpaired) electrons. The first-order valence-corrected chi connectivity index (χ1v) is 4.29. The average Bonchev–Trinajstić information content (AvgIpc) is 2.01. The SMILES string of the molecule is Cc1cc(Cl)c(Cl)cc1CC=O. The van der Waals surface area contributed by atoms with Gasteiger partial charge in [-0.2, -0.15) is 0 Å². The number of benzene rings is 1. The molecule has 0 N–H and O–H groups in total. The second-order valence-corrected chi connectivity index (χ2v) is 3.38. The van der Waals surface area contributed by atoms with E-state index in [9.17, 15) is 4.79 Å². The quantitative estimate of drug-likeness (QED) is 0.675. The summed E-state index contributed by atoms with van der Waals surface area (Å²) in [5, 5.41) is 1.03. The molecule has 64 valence electrons. The molecule has 0 aliphatic rings. The van der Waals surface area contributed by atoms with E-state index in [1.54, 1.807) is 12.1 Å². The van der Waals surface area contributed by atoms with Gasteiger partial charge in [0.15, 0.2) is 0 Å². The standard InChI is InChI=1S/C9H8Cl2O/c1-6-4-8(10)9(11)5-7(6)2-3-12/h3-5H,2H2,1H3. The topological polar surface area (TPSA) is 17.1 Å². The Kier molecular flexibility index (Phi) is 3.12. The van der Waals surface area contributed by atoms with E-state index in [0.717, 1.165) is 17.4 Å². The van der Waals surface area contributed by atoms with Gasteiger partial charge in [0.1, 0.15) is 6.29 Å². The van der Waals surface area contributed by atoms with E-state index in [1.165, 1.54) is 0 Å². The summed E-state index contributed by atoms with van der Waals surface area (Å²) in [7, 11) is 0. The molecular weight excluding hydrogens is 195 g/mol. The molecule has 0 aliphatic carbocycles. The minimum Gasteiger partial charge on any atom is -0.303 e. The minimum atomic E-state index is 0.392. The number of halogens is 2. The molecule has 3 heteroatoms. The van der Waals surface area contributed by atoms with Gasteiger partial charge in [-0.05, 0) is 30.2 Å². The zero-order valence-electron chi connectivity index (χ0n) is 6.60. The van der Waals surface area contributed by atoms with Gasteiger partial charge in [-0.1, -0.05) is 23.2 Å². The molecule has 0 atom stereocenters. The van der Waals surface area contributed by atoms with Crippen molar-refractivity contribution in [2.45, 2.75) is 13.3 Å². The summed E-state index contributed by atoms with van der Waals surface area (Å²) in [5.74, 6) is 0. The van der Waals surface area contributed by atoms with Crippen molar-refractivity contribution in [2.24, 2.45) is 0 Å². The first-order chi connectivity index (χ1) is 5.65. The predicted molar refractivity (Wildman–Crippen MR) is 51.0 cm³/mol. The maximum absolute atomic E-state index is 10.2. The third kappa shape index (κ3) is 1.99. The number of aldehydes is 1. The lowest BCUT2D eigenvalue weighted by atomic mass is 10.1. The van der Waals surface area contributed by atoms with Gasteiger partial charge in [0.05, 0.1) is 10.0 Å². The summed E-state index contributed by atoms with van der Waals surface area (Å²) in [6, 6.07) is 3.50. The molecule has 12 heavy (non-hydrogen) atoms. The Hall–Kier alpha value is -0.530. The lowest BCUT2D eigenvalue weighted by Gasteiger charge is -2.03. The molecule has 0 saturated heterocycles. The van der Waals surface area contributed by atoms with Gasteiger partial charge >= 0.3 is 0 Å². The monoisotopic (exact) mass is 202 g/mol. The van der Waals surface area contributed by atoms with Crippen molar-refractivity contribution in [3.63, 3.8) is 0 Å². The Morgan fingerprint density at radius 2 is 1.92 bits per heavy atom. The van der Waals surface area contributed by atoms with Crippen LogP contribution >= 0.6 is 23.2 Å². The van der Waals surface area contributed by atoms with Crippen LogP contribution in [0.25, 0.3) is 0 Å². The molecule has 0 unspecified atom stereocenters. The van der Waals surface area contributed by atoms with Gasteiger partial charge in [0.25, 0.3) is 0 Å². The number of carbonyl (C=O) groups is 1. The molecule has 0 amide bonds. The Morgan fingerprint density at radius 3 is 2.50 bits per heavy atom. The van der Waals surface area contributed by atoms with E-state index in [4.69, 9.17) is 23.2 Å². The van der Waals surface area contributed by atoms with Crippen molar-refractivity contribution < 1.29 is 4.79 Å². The van der Waals surface area contributed by atoms with Gasteiger partial charge in [-0.15, -0.1) is 0 Å². The van der Waals surface area contributed by atoms with Crippen molar-refractivity contribution in [3.8, 4) is 0 Å². The molecule has 1 aromatic rings. The van der Waals surface area contributed by atoms with Crippen LogP contribution in [0.5, 0.6) is 0 Å². The van der Waals surface area contributed by atoms with Crippen molar-refractivity contribution in [1.29, 1.82) is 0 Å². The lowest BCUT2D eigenvalue weighted by Crippen LogP contribution is -1.90. The maximum Gasteiger partial charge on any atom is 0.124 e. The Morgan fingerprint density at radius 1 is 1.33 bits per heavy atom. The molecule has 0 bridgehead atoms. The van der Waals surface area contributed by atoms with Crippen molar-refractivity contribution in [3.05, 3.63) is 33.3 Å². The summed E-state index contributed by atoms with van der Waals surface area (Å²) >= 11 is 11.5. The average molecular weight is 203 g/mol. The normalized spacial score (nSPS) is 9.92. The van der Waals surface area contributed by atoms with Crippen LogP contribution < -0.4 is 0 Å². The van der Waals surface area contributed by atoms with Gasteiger partial charge in [0, 0.05) is 6.42 Å². The molecule has 0 fully saturated rings. The third-order valence-corrected chi connectivity index (χ3v) is 2.40. The van der Waals surface area contributed by atoms with E-state index in [2.05, 4.69) is 0 Å². The van der Waals surface area contributed by atoms with Crippen LogP contribution in [0.3, 0.4) is 0 Å². The Bertz CT molecular complexity index is 308. The fourth-order valence-corrected chi connectivity index (χ4v) is 1.40. The molecule has 1 aromatic carbocycles. The highest BCUT2D eigenvalue weighted by Gasteiger charge is 2.02. The summed E-state index contributed by atoms with van der Waals surface area (Å²) < 4.78 is 0. The summed E-state index contributed by atoms with van der Waals surface area (Å²) in [6.45, 7) is 1.90. The van der Waals surface area contributed by atoms with Gasteiger partial charge in [0.2, 0.25) is 0 Å². The molecule has 0 spiro atoms. The predicted octanol–water partition coefficient (Wildman–Crippen LogP) is 3.04. The minimum absolute atomic E-state index is 0.392. The molecular formula is C9H8Cl2O. The first kappa shape index (κ1) is 9.56. The number of hydrogen-bond donors (Lipinski definition) is 0. The van der Waals surface area contributed by atoms with Crippen LogP contribution in [0.1, 0.15) is 11.1 Å². The van der Waals surface area contributed by atoms with E-state index in [-0.39, 0.29) is 0 Å². The molecule has 1 nitrogen and oxygen atoms in total. The van der Waals surface area contributed by atoms with Crippen molar-refractivity contribution in [2.75, 3.05) is 0 Å². The first-order valence-electron chi connectivity index (χ1n) is 3.53. The molecule has 0 aromatic heterocycles. The summed E-state index contributed by atoms with van der Waals surface area (Å²) in [4.78, 5) is 10.2. The fourth-order valence-electron chi connectivity index (χ4n) is 0.997. The van der Waals surface area contributed by atoms with E-state index in [1.807, 2.05) is 6.92 Å². The Balaban J connectivity index is 3.13. The van der Waals surface area contributed by atoms with E-state index in [0.29, 0.717) is 16.5 Å². The highest BCUT2D eigenvalue weighted by Crippen LogP contribution is 2.25. The van der Waals surface area contributed by atoms with Crippen LogP contribution in [-0.4, -0.2) is 6.29 Å². The van der Waals surface area contributed by atoms with Gasteiger partial charge in [-0.3, -0.25) is 0 Å². The molecule has 0 saturated carbocycles. The van der Waals surface area contributed by atoms with Crippen LogP contribution in [-0.2, 0) is 11.2 Å². The van der Waals surface area contributed by atoms with Gasteiger partial charge in [-0.25, -0.2) is 0 Å². The van der Waals surface area contributed by atoms with Crippen LogP contribution in [0.2, 0.25) is 10.0 Å². The van der Waals surface area contributed by atoms with Gasteiger partial charge < -0.3 is 4.79 Å². The van der Waals surface area contributed by atoms with Crippen LogP contribution in [0.15, 0.2) is 12.1 Å². The summed E-state index contributed by atoms with van der Waals surface area (Å²) in [6.07, 6.45) is 1.25. The summed E-state index contributed by atoms with van der Waals surface area (Å²) in [5.41, 5.74) is 1.93. The van der Waals surface area contributed by atoms with Crippen molar-refractivity contribution >= 4 is 29.5 Å². The second-order valence-electron chi connectivity index (χ2n) is 2.56. The van der Waals surface area contributed by atoms with E-state index >= 15 is 0 Å². The highest BCUT2D eigenvalue weighted by atomic mass is 35.5.